The number of hydrogen-bond acceptors (Lipinski definition) is 2. The van der Waals surface area contributed by atoms with Crippen LogP contribution in [0.15, 0.2) is 0 Å². The zero-order chi connectivity index (χ0) is 20.3. The monoisotopic (exact) mass is 380 g/mol. The van der Waals surface area contributed by atoms with E-state index in [1.54, 1.807) is 0 Å². The Hall–Kier alpha value is -0.570. The van der Waals surface area contributed by atoms with Crippen molar-refractivity contribution in [3.63, 3.8) is 0 Å². The van der Waals surface area contributed by atoms with Gasteiger partial charge >= 0.3 is 0 Å². The third kappa shape index (κ3) is 9.45. The van der Waals surface area contributed by atoms with Gasteiger partial charge in [0.15, 0.2) is 0 Å². The molecule has 1 heterocycles. The predicted octanol–water partition coefficient (Wildman–Crippen LogP) is 6.31. The minimum atomic E-state index is 0.243. The Morgan fingerprint density at radius 2 is 1.37 bits per heavy atom. The van der Waals surface area contributed by atoms with Crippen molar-refractivity contribution in [2.24, 2.45) is 5.92 Å². The first-order chi connectivity index (χ1) is 12.7. The normalized spacial score (nSPS) is 19.9. The molecule has 0 aromatic carbocycles. The molecule has 0 spiro atoms. The average molecular weight is 381 g/mol. The number of hydrogen-bond donors (Lipinski definition) is 1. The van der Waals surface area contributed by atoms with Crippen molar-refractivity contribution in [1.29, 1.82) is 0 Å². The van der Waals surface area contributed by atoms with Crippen LogP contribution in [0.25, 0.3) is 0 Å². The number of amides is 1. The molecule has 3 heteroatoms. The Bertz CT molecular complexity index is 399. The van der Waals surface area contributed by atoms with E-state index in [0.717, 1.165) is 19.4 Å². The van der Waals surface area contributed by atoms with Crippen molar-refractivity contribution in [3.8, 4) is 0 Å². The number of rotatable bonds is 13. The molecule has 0 aromatic rings. The molecule has 0 radical (unpaired) electrons. The van der Waals surface area contributed by atoms with Gasteiger partial charge in [-0.2, -0.15) is 0 Å². The molecule has 0 aliphatic carbocycles. The van der Waals surface area contributed by atoms with E-state index in [4.69, 9.17) is 0 Å². The molecule has 3 nitrogen and oxygen atoms in total. The van der Waals surface area contributed by atoms with E-state index >= 15 is 0 Å². The lowest BCUT2D eigenvalue weighted by atomic mass is 9.73. The SMILES string of the molecule is CCCCCCCCCCCC(=O)NCCC1CC(C)(C)N(C)C(C)(C)C1. The van der Waals surface area contributed by atoms with E-state index in [9.17, 15) is 4.79 Å². The lowest BCUT2D eigenvalue weighted by Crippen LogP contribution is -2.58. The largest absolute Gasteiger partial charge is 0.356 e. The molecule has 1 N–H and O–H groups in total. The molecule has 0 aromatic heterocycles. The number of carbonyl (C=O) groups is 1. The van der Waals surface area contributed by atoms with Crippen LogP contribution in [0.2, 0.25) is 0 Å². The minimum Gasteiger partial charge on any atom is -0.356 e. The molecule has 0 unspecified atom stereocenters. The van der Waals surface area contributed by atoms with Crippen LogP contribution in [0.3, 0.4) is 0 Å². The summed E-state index contributed by atoms with van der Waals surface area (Å²) >= 11 is 0. The van der Waals surface area contributed by atoms with E-state index in [-0.39, 0.29) is 17.0 Å². The summed E-state index contributed by atoms with van der Waals surface area (Å²) in [5, 5.41) is 3.17. The number of carbonyl (C=O) groups excluding carboxylic acids is 1. The lowest BCUT2D eigenvalue weighted by molar-refractivity contribution is -0.121. The average Bonchev–Trinajstić information content (AvgIpc) is 2.58. The minimum absolute atomic E-state index is 0.243. The highest BCUT2D eigenvalue weighted by molar-refractivity contribution is 5.75. The molecule has 1 saturated heterocycles. The van der Waals surface area contributed by atoms with Gasteiger partial charge in [-0.15, -0.1) is 0 Å². The van der Waals surface area contributed by atoms with Gasteiger partial charge in [0.05, 0.1) is 0 Å². The number of nitrogens with zero attached hydrogens (tertiary/aromatic N) is 1. The van der Waals surface area contributed by atoms with Crippen LogP contribution >= 0.6 is 0 Å². The smallest absolute Gasteiger partial charge is 0.219 e. The van der Waals surface area contributed by atoms with Crippen molar-refractivity contribution in [2.45, 2.75) is 129 Å². The number of nitrogens with one attached hydrogen (secondary N) is 1. The standard InChI is InChI=1S/C24H48N2O/c1-7-8-9-10-11-12-13-14-15-16-22(27)25-18-17-21-19-23(2,3)26(6)24(4,5)20-21/h21H,7-20H2,1-6H3,(H,25,27). The molecule has 0 saturated carbocycles. The Morgan fingerprint density at radius 1 is 0.889 bits per heavy atom. The Labute approximate surface area is 170 Å². The molecule has 0 bridgehead atoms. The molecular weight excluding hydrogens is 332 g/mol. The molecule has 1 rings (SSSR count). The van der Waals surface area contributed by atoms with Crippen LogP contribution in [-0.2, 0) is 4.79 Å². The summed E-state index contributed by atoms with van der Waals surface area (Å²) in [5.74, 6) is 0.962. The second-order valence-corrected chi connectivity index (χ2v) is 10.2. The first-order valence-corrected chi connectivity index (χ1v) is 11.7. The lowest BCUT2D eigenvalue weighted by Gasteiger charge is -2.53. The van der Waals surface area contributed by atoms with Crippen molar-refractivity contribution in [2.75, 3.05) is 13.6 Å². The fourth-order valence-corrected chi connectivity index (χ4v) is 4.88. The van der Waals surface area contributed by atoms with Crippen LogP contribution in [0.1, 0.15) is 118 Å². The highest BCUT2D eigenvalue weighted by Gasteiger charge is 2.42. The third-order valence-corrected chi connectivity index (χ3v) is 6.77. The van der Waals surface area contributed by atoms with Gasteiger partial charge < -0.3 is 5.32 Å². The van der Waals surface area contributed by atoms with E-state index in [0.29, 0.717) is 12.3 Å². The number of piperidine rings is 1. The highest BCUT2D eigenvalue weighted by Crippen LogP contribution is 2.41. The van der Waals surface area contributed by atoms with Gasteiger partial charge in [-0.3, -0.25) is 9.69 Å². The van der Waals surface area contributed by atoms with Crippen LogP contribution in [0.4, 0.5) is 0 Å². The maximum Gasteiger partial charge on any atom is 0.219 e. The van der Waals surface area contributed by atoms with Gasteiger partial charge in [0.2, 0.25) is 5.91 Å². The Balaban J connectivity index is 2.07. The second-order valence-electron chi connectivity index (χ2n) is 10.2. The van der Waals surface area contributed by atoms with E-state index in [1.165, 1.54) is 64.2 Å². The molecule has 0 atom stereocenters. The summed E-state index contributed by atoms with van der Waals surface area (Å²) in [6.45, 7) is 12.5. The second kappa shape index (κ2) is 12.1. The van der Waals surface area contributed by atoms with Gasteiger partial charge in [0, 0.05) is 24.0 Å². The van der Waals surface area contributed by atoms with E-state index in [2.05, 4.69) is 51.9 Å². The molecular formula is C24H48N2O. The molecule has 1 fully saturated rings. The Kier molecular flexibility index (Phi) is 11.0. The van der Waals surface area contributed by atoms with Crippen molar-refractivity contribution < 1.29 is 4.79 Å². The van der Waals surface area contributed by atoms with Gasteiger partial charge in [0.25, 0.3) is 0 Å². The molecule has 1 aliphatic rings. The quantitative estimate of drug-likeness (QED) is 0.380. The zero-order valence-corrected chi connectivity index (χ0v) is 19.3. The first-order valence-electron chi connectivity index (χ1n) is 11.7. The number of unbranched alkanes of at least 4 members (excludes halogenated alkanes) is 8. The van der Waals surface area contributed by atoms with Crippen LogP contribution in [0.5, 0.6) is 0 Å². The van der Waals surface area contributed by atoms with E-state index < -0.39 is 0 Å². The summed E-state index contributed by atoms with van der Waals surface area (Å²) in [5.41, 5.74) is 0.486. The maximum atomic E-state index is 12.1. The fraction of sp³-hybridized carbons (Fsp3) is 0.958. The van der Waals surface area contributed by atoms with Crippen molar-refractivity contribution in [3.05, 3.63) is 0 Å². The molecule has 1 aliphatic heterocycles. The third-order valence-electron chi connectivity index (χ3n) is 6.77. The van der Waals surface area contributed by atoms with Crippen LogP contribution in [-0.4, -0.2) is 35.5 Å². The molecule has 160 valence electrons. The van der Waals surface area contributed by atoms with Gasteiger partial charge in [-0.1, -0.05) is 58.3 Å². The summed E-state index contributed by atoms with van der Waals surface area (Å²) in [6.07, 6.45) is 16.0. The van der Waals surface area contributed by atoms with Crippen molar-refractivity contribution >= 4 is 5.91 Å². The van der Waals surface area contributed by atoms with Gasteiger partial charge in [0.1, 0.15) is 0 Å². The summed E-state index contributed by atoms with van der Waals surface area (Å²) in [6, 6.07) is 0. The summed E-state index contributed by atoms with van der Waals surface area (Å²) in [7, 11) is 2.25. The van der Waals surface area contributed by atoms with Crippen LogP contribution in [0, 0.1) is 5.92 Å². The van der Waals surface area contributed by atoms with Crippen molar-refractivity contribution in [1.82, 2.24) is 10.2 Å². The molecule has 1 amide bonds. The fourth-order valence-electron chi connectivity index (χ4n) is 4.88. The Morgan fingerprint density at radius 3 is 1.89 bits per heavy atom. The molecule has 27 heavy (non-hydrogen) atoms. The number of likely N-dealkylation sites (tertiary alicyclic amines) is 1. The maximum absolute atomic E-state index is 12.1. The summed E-state index contributed by atoms with van der Waals surface area (Å²) in [4.78, 5) is 14.6. The van der Waals surface area contributed by atoms with Gasteiger partial charge in [-0.05, 0) is 66.3 Å². The summed E-state index contributed by atoms with van der Waals surface area (Å²) < 4.78 is 0. The topological polar surface area (TPSA) is 32.3 Å². The van der Waals surface area contributed by atoms with Crippen LogP contribution < -0.4 is 5.32 Å². The highest BCUT2D eigenvalue weighted by atomic mass is 16.1. The van der Waals surface area contributed by atoms with E-state index in [1.807, 2.05) is 0 Å². The van der Waals surface area contributed by atoms with Gasteiger partial charge in [-0.25, -0.2) is 0 Å². The zero-order valence-electron chi connectivity index (χ0n) is 19.3. The first kappa shape index (κ1) is 24.5. The predicted molar refractivity (Wildman–Crippen MR) is 118 cm³/mol.